The molecule has 1 atom stereocenters. The Balaban J connectivity index is 1.73. The van der Waals surface area contributed by atoms with Crippen LogP contribution in [0.25, 0.3) is 0 Å². The minimum Gasteiger partial charge on any atom is -0.493 e. The minimum atomic E-state index is -0.323. The van der Waals surface area contributed by atoms with Crippen molar-refractivity contribution in [1.82, 2.24) is 10.2 Å². The van der Waals surface area contributed by atoms with E-state index >= 15 is 0 Å². The van der Waals surface area contributed by atoms with E-state index in [1.54, 1.807) is 14.2 Å². The number of ether oxygens (including phenoxy) is 3. The third-order valence-corrected chi connectivity index (χ3v) is 5.83. The fourth-order valence-electron chi connectivity index (χ4n) is 4.14. The van der Waals surface area contributed by atoms with Gasteiger partial charge in [-0.3, -0.25) is 14.7 Å². The normalized spacial score (nSPS) is 18.5. The summed E-state index contributed by atoms with van der Waals surface area (Å²) in [4.78, 5) is 24.9. The number of amidine groups is 1. The van der Waals surface area contributed by atoms with E-state index in [0.29, 0.717) is 43.5 Å². The molecule has 2 aromatic carbocycles. The number of hydrogen-bond acceptors (Lipinski definition) is 7. The number of fused-ring (bicyclic) bond motifs is 1. The van der Waals surface area contributed by atoms with Crippen LogP contribution in [-0.4, -0.2) is 69.4 Å². The molecule has 0 radical (unpaired) electrons. The molecule has 2 aliphatic heterocycles. The summed E-state index contributed by atoms with van der Waals surface area (Å²) >= 11 is 0. The van der Waals surface area contributed by atoms with Gasteiger partial charge in [-0.05, 0) is 36.2 Å². The first-order valence-electron chi connectivity index (χ1n) is 11.2. The summed E-state index contributed by atoms with van der Waals surface area (Å²) in [5.74, 6) is 1.40. The number of carbonyl (C=O) groups is 1. The highest BCUT2D eigenvalue weighted by Crippen LogP contribution is 2.37. The van der Waals surface area contributed by atoms with Gasteiger partial charge in [-0.15, -0.1) is 0 Å². The number of nitrogens with one attached hydrogen (secondary N) is 1. The van der Waals surface area contributed by atoms with Crippen LogP contribution in [0.2, 0.25) is 0 Å². The Labute approximate surface area is 194 Å². The molecule has 1 N–H and O–H groups in total. The number of aliphatic imine (C=N–C) groups is 2. The Bertz CT molecular complexity index is 1060. The van der Waals surface area contributed by atoms with Crippen LogP contribution in [0.15, 0.2) is 52.4 Å². The van der Waals surface area contributed by atoms with E-state index in [4.69, 9.17) is 24.2 Å². The Morgan fingerprint density at radius 2 is 1.76 bits per heavy atom. The maximum Gasteiger partial charge on any atom is 0.239 e. The highest BCUT2D eigenvalue weighted by atomic mass is 16.5. The van der Waals surface area contributed by atoms with Crippen LogP contribution >= 0.6 is 0 Å². The monoisotopic (exact) mass is 450 g/mol. The molecule has 1 amide bonds. The lowest BCUT2D eigenvalue weighted by Gasteiger charge is -2.27. The second-order valence-electron chi connectivity index (χ2n) is 7.93. The van der Waals surface area contributed by atoms with E-state index in [0.717, 1.165) is 35.7 Å². The van der Waals surface area contributed by atoms with Crippen molar-refractivity contribution >= 4 is 28.8 Å². The molecular weight excluding hydrogens is 420 g/mol. The summed E-state index contributed by atoms with van der Waals surface area (Å²) in [6.07, 6.45) is 0.700. The van der Waals surface area contributed by atoms with Gasteiger partial charge in [-0.1, -0.05) is 25.1 Å². The second-order valence-corrected chi connectivity index (χ2v) is 7.93. The molecule has 2 heterocycles. The second kappa shape index (κ2) is 10.6. The van der Waals surface area contributed by atoms with Crippen molar-refractivity contribution in [2.45, 2.75) is 19.3 Å². The molecule has 2 aliphatic rings. The van der Waals surface area contributed by atoms with Crippen molar-refractivity contribution in [2.75, 3.05) is 47.1 Å². The average molecular weight is 451 g/mol. The van der Waals surface area contributed by atoms with Crippen molar-refractivity contribution in [3.63, 3.8) is 0 Å². The lowest BCUT2D eigenvalue weighted by atomic mass is 9.90. The smallest absolute Gasteiger partial charge is 0.239 e. The van der Waals surface area contributed by atoms with Gasteiger partial charge >= 0.3 is 0 Å². The number of morpholine rings is 1. The topological polar surface area (TPSA) is 84.8 Å². The average Bonchev–Trinajstić information content (AvgIpc) is 3.00. The molecule has 8 heteroatoms. The largest absolute Gasteiger partial charge is 0.493 e. The molecule has 4 rings (SSSR count). The molecular formula is C25H30N4O4. The Hall–Kier alpha value is -3.23. The van der Waals surface area contributed by atoms with Crippen LogP contribution in [0.5, 0.6) is 11.5 Å². The van der Waals surface area contributed by atoms with E-state index in [1.807, 2.05) is 42.5 Å². The van der Waals surface area contributed by atoms with Gasteiger partial charge in [0.2, 0.25) is 5.91 Å². The van der Waals surface area contributed by atoms with Gasteiger partial charge in [0.1, 0.15) is 5.84 Å². The lowest BCUT2D eigenvalue weighted by molar-refractivity contribution is -0.121. The molecule has 2 aromatic rings. The molecule has 174 valence electrons. The summed E-state index contributed by atoms with van der Waals surface area (Å²) in [7, 11) is 3.22. The molecule has 0 spiro atoms. The van der Waals surface area contributed by atoms with Gasteiger partial charge in [0.05, 0.1) is 51.3 Å². The van der Waals surface area contributed by atoms with Crippen LogP contribution in [-0.2, 0) is 9.53 Å². The summed E-state index contributed by atoms with van der Waals surface area (Å²) in [6, 6.07) is 13.5. The van der Waals surface area contributed by atoms with Crippen LogP contribution in [0.4, 0.5) is 11.4 Å². The van der Waals surface area contributed by atoms with Crippen molar-refractivity contribution < 1.29 is 19.0 Å². The van der Waals surface area contributed by atoms with Crippen molar-refractivity contribution in [3.05, 3.63) is 48.0 Å². The predicted octanol–water partition coefficient (Wildman–Crippen LogP) is 3.46. The zero-order valence-electron chi connectivity index (χ0n) is 19.3. The van der Waals surface area contributed by atoms with Gasteiger partial charge in [-0.2, -0.15) is 0 Å². The lowest BCUT2D eigenvalue weighted by Crippen LogP contribution is -2.46. The minimum absolute atomic E-state index is 0.101. The summed E-state index contributed by atoms with van der Waals surface area (Å²) < 4.78 is 16.3. The molecule has 1 fully saturated rings. The molecule has 0 saturated carbocycles. The fourth-order valence-corrected chi connectivity index (χ4v) is 4.14. The van der Waals surface area contributed by atoms with E-state index in [2.05, 4.69) is 17.1 Å². The van der Waals surface area contributed by atoms with E-state index in [1.165, 1.54) is 0 Å². The van der Waals surface area contributed by atoms with Gasteiger partial charge in [-0.25, -0.2) is 4.99 Å². The van der Waals surface area contributed by atoms with Crippen molar-refractivity contribution in [3.8, 4) is 11.5 Å². The zero-order chi connectivity index (χ0) is 23.2. The summed E-state index contributed by atoms with van der Waals surface area (Å²) in [5.41, 5.74) is 3.36. The van der Waals surface area contributed by atoms with Gasteiger partial charge in [0.25, 0.3) is 0 Å². The Kier molecular flexibility index (Phi) is 7.36. The van der Waals surface area contributed by atoms with E-state index in [-0.39, 0.29) is 11.8 Å². The van der Waals surface area contributed by atoms with Crippen molar-refractivity contribution in [2.24, 2.45) is 9.98 Å². The zero-order valence-corrected chi connectivity index (χ0v) is 19.3. The SMILES string of the molecule is CCC1=Nc2ccccc2N=C(NC(=O)CN2CCOCC2)[C@@H]1c1ccc(OC)c(OC)c1. The fraction of sp³-hybridized carbons (Fsp3) is 0.400. The highest BCUT2D eigenvalue weighted by Gasteiger charge is 2.29. The Morgan fingerprint density at radius 1 is 1.06 bits per heavy atom. The predicted molar refractivity (Wildman–Crippen MR) is 129 cm³/mol. The van der Waals surface area contributed by atoms with Crippen molar-refractivity contribution in [1.29, 1.82) is 0 Å². The summed E-state index contributed by atoms with van der Waals surface area (Å²) in [6.45, 7) is 5.12. The third kappa shape index (κ3) is 5.23. The first-order valence-corrected chi connectivity index (χ1v) is 11.2. The number of benzene rings is 2. The number of amides is 1. The first kappa shape index (κ1) is 22.9. The van der Waals surface area contributed by atoms with Crippen LogP contribution in [0, 0.1) is 0 Å². The number of methoxy groups -OCH3 is 2. The van der Waals surface area contributed by atoms with Gasteiger partial charge in [0, 0.05) is 18.8 Å². The molecule has 0 aliphatic carbocycles. The molecule has 0 unspecified atom stereocenters. The number of carbonyl (C=O) groups excluding carboxylic acids is 1. The van der Waals surface area contributed by atoms with Gasteiger partial charge < -0.3 is 19.5 Å². The molecule has 0 aromatic heterocycles. The number of para-hydroxylation sites is 2. The number of hydrogen-bond donors (Lipinski definition) is 1. The molecule has 33 heavy (non-hydrogen) atoms. The van der Waals surface area contributed by atoms with Crippen LogP contribution in [0.1, 0.15) is 24.8 Å². The number of rotatable bonds is 6. The molecule has 0 bridgehead atoms. The van der Waals surface area contributed by atoms with Gasteiger partial charge in [0.15, 0.2) is 11.5 Å². The number of nitrogens with zero attached hydrogens (tertiary/aromatic N) is 3. The standard InChI is InChI=1S/C25H30N4O4/c1-4-18-24(17-9-10-21(31-2)22(15-17)32-3)25(27-20-8-6-5-7-19(20)26-18)28-23(30)16-29-11-13-33-14-12-29/h5-10,15,24H,4,11-14,16H2,1-3H3,(H,27,28,30)/t24-/m1/s1. The molecule has 1 saturated heterocycles. The van der Waals surface area contributed by atoms with E-state index in [9.17, 15) is 4.79 Å². The Morgan fingerprint density at radius 3 is 2.42 bits per heavy atom. The summed E-state index contributed by atoms with van der Waals surface area (Å²) in [5, 5.41) is 3.10. The first-order chi connectivity index (χ1) is 16.1. The maximum atomic E-state index is 13.0. The molecule has 8 nitrogen and oxygen atoms in total. The third-order valence-electron chi connectivity index (χ3n) is 5.83. The van der Waals surface area contributed by atoms with Crippen LogP contribution < -0.4 is 14.8 Å². The van der Waals surface area contributed by atoms with E-state index < -0.39 is 0 Å². The maximum absolute atomic E-state index is 13.0. The van der Waals surface area contributed by atoms with Crippen LogP contribution in [0.3, 0.4) is 0 Å². The highest BCUT2D eigenvalue weighted by molar-refractivity contribution is 6.18. The quantitative estimate of drug-likeness (QED) is 0.729.